The standard InChI is InChI=1S/C14H17N3O4S2/c1-10-5-6-13(22-10)12(18)9-16-7-3-4-11(8-16)14(19)17(15)23(2,20)21/h3,5-8H,4,9,15H2,1-2H3. The second kappa shape index (κ2) is 6.65. The summed E-state index contributed by atoms with van der Waals surface area (Å²) < 4.78 is 22.9. The van der Waals surface area contributed by atoms with Gasteiger partial charge in [0.25, 0.3) is 5.91 Å². The average molecular weight is 355 g/mol. The Hall–Kier alpha value is -1.97. The summed E-state index contributed by atoms with van der Waals surface area (Å²) in [7, 11) is -3.82. The summed E-state index contributed by atoms with van der Waals surface area (Å²) >= 11 is 1.40. The number of Topliss-reactive ketones (excluding diaryl/α,β-unsaturated/α-hetero) is 1. The second-order valence-corrected chi connectivity index (χ2v) is 8.26. The van der Waals surface area contributed by atoms with Crippen LogP contribution in [0.2, 0.25) is 0 Å². The maximum Gasteiger partial charge on any atom is 0.279 e. The van der Waals surface area contributed by atoms with Gasteiger partial charge in [-0.05, 0) is 25.5 Å². The fourth-order valence-electron chi connectivity index (χ4n) is 1.97. The second-order valence-electron chi connectivity index (χ2n) is 5.11. The molecule has 0 aromatic carbocycles. The highest BCUT2D eigenvalue weighted by Gasteiger charge is 2.24. The normalized spacial score (nSPS) is 14.6. The van der Waals surface area contributed by atoms with Gasteiger partial charge in [-0.15, -0.1) is 11.3 Å². The fourth-order valence-corrected chi connectivity index (χ4v) is 3.19. The van der Waals surface area contributed by atoms with Crippen molar-refractivity contribution in [1.29, 1.82) is 0 Å². The Labute approximate surface area is 138 Å². The molecular formula is C14H17N3O4S2. The maximum absolute atomic E-state index is 12.2. The lowest BCUT2D eigenvalue weighted by Crippen LogP contribution is -2.43. The van der Waals surface area contributed by atoms with E-state index in [1.807, 2.05) is 13.0 Å². The molecule has 124 valence electrons. The van der Waals surface area contributed by atoms with E-state index < -0.39 is 15.9 Å². The van der Waals surface area contributed by atoms with E-state index in [0.29, 0.717) is 4.88 Å². The summed E-state index contributed by atoms with van der Waals surface area (Å²) in [6.07, 6.45) is 5.91. The molecule has 2 heterocycles. The fraction of sp³-hybridized carbons (Fsp3) is 0.286. The molecule has 0 saturated carbocycles. The maximum atomic E-state index is 12.2. The molecule has 0 atom stereocenters. The van der Waals surface area contributed by atoms with Crippen LogP contribution in [0.3, 0.4) is 0 Å². The Morgan fingerprint density at radius 3 is 2.65 bits per heavy atom. The van der Waals surface area contributed by atoms with Crippen molar-refractivity contribution in [2.45, 2.75) is 13.3 Å². The van der Waals surface area contributed by atoms with Crippen molar-refractivity contribution in [3.63, 3.8) is 0 Å². The van der Waals surface area contributed by atoms with Crippen molar-refractivity contribution < 1.29 is 18.0 Å². The summed E-state index contributed by atoms with van der Waals surface area (Å²) in [5, 5.41) is 0. The smallest absolute Gasteiger partial charge is 0.279 e. The Kier molecular flexibility index (Phi) is 5.03. The summed E-state index contributed by atoms with van der Waals surface area (Å²) in [4.78, 5) is 27.5. The number of carbonyl (C=O) groups excluding carboxylic acids is 2. The molecule has 1 aliphatic heterocycles. The first kappa shape index (κ1) is 17.4. The number of rotatable bonds is 5. The van der Waals surface area contributed by atoms with Gasteiger partial charge in [-0.25, -0.2) is 14.3 Å². The molecule has 2 rings (SSSR count). The lowest BCUT2D eigenvalue weighted by molar-refractivity contribution is -0.123. The van der Waals surface area contributed by atoms with Crippen LogP contribution in [0, 0.1) is 6.92 Å². The van der Waals surface area contributed by atoms with E-state index in [9.17, 15) is 18.0 Å². The predicted octanol–water partition coefficient (Wildman–Crippen LogP) is 1.00. The van der Waals surface area contributed by atoms with Gasteiger partial charge in [-0.3, -0.25) is 9.59 Å². The van der Waals surface area contributed by atoms with Crippen LogP contribution in [0.5, 0.6) is 0 Å². The highest BCUT2D eigenvalue weighted by Crippen LogP contribution is 2.19. The number of ketones is 1. The highest BCUT2D eigenvalue weighted by molar-refractivity contribution is 7.88. The molecule has 0 bridgehead atoms. The zero-order valence-electron chi connectivity index (χ0n) is 12.7. The molecule has 1 aromatic rings. The molecule has 0 unspecified atom stereocenters. The van der Waals surface area contributed by atoms with Crippen molar-refractivity contribution in [3.05, 3.63) is 45.9 Å². The van der Waals surface area contributed by atoms with Crippen LogP contribution >= 0.6 is 11.3 Å². The van der Waals surface area contributed by atoms with Crippen LogP contribution in [0.25, 0.3) is 0 Å². The number of hydrazine groups is 1. The van der Waals surface area contributed by atoms with Crippen LogP contribution in [0.1, 0.15) is 21.0 Å². The number of hydrogen-bond acceptors (Lipinski definition) is 7. The van der Waals surface area contributed by atoms with Gasteiger partial charge < -0.3 is 4.90 Å². The van der Waals surface area contributed by atoms with E-state index in [0.717, 1.165) is 11.1 Å². The third-order valence-electron chi connectivity index (χ3n) is 3.13. The van der Waals surface area contributed by atoms with Gasteiger partial charge in [0, 0.05) is 22.9 Å². The van der Waals surface area contributed by atoms with Crippen molar-refractivity contribution in [2.75, 3.05) is 12.8 Å². The Bertz CT molecular complexity index is 793. The van der Waals surface area contributed by atoms with Crippen LogP contribution in [0.15, 0.2) is 36.2 Å². The number of hydrogen-bond donors (Lipinski definition) is 1. The number of aryl methyl sites for hydroxylation is 1. The zero-order valence-corrected chi connectivity index (χ0v) is 14.4. The van der Waals surface area contributed by atoms with Crippen LogP contribution in [-0.4, -0.2) is 42.2 Å². The van der Waals surface area contributed by atoms with Gasteiger partial charge in [-0.2, -0.15) is 4.41 Å². The number of carbonyl (C=O) groups is 2. The van der Waals surface area contributed by atoms with Gasteiger partial charge in [0.1, 0.15) is 0 Å². The lowest BCUT2D eigenvalue weighted by atomic mass is 10.1. The van der Waals surface area contributed by atoms with Crippen molar-refractivity contribution in [1.82, 2.24) is 9.31 Å². The first-order chi connectivity index (χ1) is 10.7. The molecule has 0 radical (unpaired) electrons. The van der Waals surface area contributed by atoms with Crippen LogP contribution < -0.4 is 5.84 Å². The molecule has 23 heavy (non-hydrogen) atoms. The molecule has 1 amide bonds. The highest BCUT2D eigenvalue weighted by atomic mass is 32.2. The zero-order chi connectivity index (χ0) is 17.2. The molecule has 0 fully saturated rings. The van der Waals surface area contributed by atoms with Gasteiger partial charge in [-0.1, -0.05) is 6.08 Å². The number of amides is 1. The number of nitrogens with two attached hydrogens (primary N) is 1. The van der Waals surface area contributed by atoms with Gasteiger partial charge in [0.05, 0.1) is 17.7 Å². The molecule has 1 aliphatic rings. The molecule has 9 heteroatoms. The quantitative estimate of drug-likeness (QED) is 0.366. The van der Waals surface area contributed by atoms with E-state index in [4.69, 9.17) is 5.84 Å². The minimum Gasteiger partial charge on any atom is -0.346 e. The molecular weight excluding hydrogens is 338 g/mol. The minimum atomic E-state index is -3.82. The summed E-state index contributed by atoms with van der Waals surface area (Å²) in [5.41, 5.74) is 0.204. The monoisotopic (exact) mass is 355 g/mol. The SMILES string of the molecule is Cc1ccc(C(=O)CN2C=CCC(C(=O)N(N)S(C)(=O)=O)=C2)s1. The first-order valence-corrected chi connectivity index (χ1v) is 9.37. The molecule has 2 N–H and O–H groups in total. The Morgan fingerprint density at radius 2 is 2.09 bits per heavy atom. The van der Waals surface area contributed by atoms with Crippen LogP contribution in [-0.2, 0) is 14.8 Å². The van der Waals surface area contributed by atoms with Gasteiger partial charge in [0.2, 0.25) is 10.0 Å². The molecule has 0 aliphatic carbocycles. The van der Waals surface area contributed by atoms with E-state index in [1.165, 1.54) is 17.5 Å². The minimum absolute atomic E-state index is 0.0662. The predicted molar refractivity (Wildman–Crippen MR) is 87.8 cm³/mol. The topological polar surface area (TPSA) is 101 Å². The number of nitrogens with zero attached hydrogens (tertiary/aromatic N) is 2. The Balaban J connectivity index is 2.11. The molecule has 1 aromatic heterocycles. The van der Waals surface area contributed by atoms with E-state index in [-0.39, 0.29) is 28.7 Å². The third kappa shape index (κ3) is 4.27. The number of thiophene rings is 1. The first-order valence-electron chi connectivity index (χ1n) is 6.70. The molecule has 0 spiro atoms. The van der Waals surface area contributed by atoms with E-state index in [1.54, 1.807) is 23.2 Å². The average Bonchev–Trinajstić information content (AvgIpc) is 2.91. The van der Waals surface area contributed by atoms with E-state index in [2.05, 4.69) is 0 Å². The van der Waals surface area contributed by atoms with Gasteiger partial charge >= 0.3 is 0 Å². The third-order valence-corrected chi connectivity index (χ3v) is 5.05. The number of sulfonamides is 1. The summed E-state index contributed by atoms with van der Waals surface area (Å²) in [6, 6.07) is 3.63. The molecule has 7 nitrogen and oxygen atoms in total. The summed E-state index contributed by atoms with van der Waals surface area (Å²) in [6.45, 7) is 1.98. The van der Waals surface area contributed by atoms with E-state index >= 15 is 0 Å². The van der Waals surface area contributed by atoms with Gasteiger partial charge in [0.15, 0.2) is 5.78 Å². The van der Waals surface area contributed by atoms with Crippen molar-refractivity contribution in [3.8, 4) is 0 Å². The summed E-state index contributed by atoms with van der Waals surface area (Å²) in [5.74, 6) is 4.43. The lowest BCUT2D eigenvalue weighted by Gasteiger charge is -2.22. The number of allylic oxidation sites excluding steroid dienone is 1. The van der Waals surface area contributed by atoms with Crippen molar-refractivity contribution in [2.24, 2.45) is 5.84 Å². The Morgan fingerprint density at radius 1 is 1.39 bits per heavy atom. The largest absolute Gasteiger partial charge is 0.346 e. The molecule has 0 saturated heterocycles. The van der Waals surface area contributed by atoms with Crippen molar-refractivity contribution >= 4 is 33.1 Å². The van der Waals surface area contributed by atoms with Crippen LogP contribution in [0.4, 0.5) is 0 Å².